The van der Waals surface area contributed by atoms with Gasteiger partial charge in [-0.1, -0.05) is 0 Å². The third-order valence-electron chi connectivity index (χ3n) is 6.41. The zero-order valence-electron chi connectivity index (χ0n) is 17.6. The second kappa shape index (κ2) is 8.44. The number of nitrogens with one attached hydrogen (secondary N) is 1. The second-order valence-electron chi connectivity index (χ2n) is 8.35. The van der Waals surface area contributed by atoms with Gasteiger partial charge in [0.05, 0.1) is 0 Å². The fourth-order valence-electron chi connectivity index (χ4n) is 4.68. The number of hydrogen-bond acceptors (Lipinski definition) is 7. The zero-order valence-corrected chi connectivity index (χ0v) is 17.6. The van der Waals surface area contributed by atoms with E-state index in [0.717, 1.165) is 12.8 Å². The Balaban J connectivity index is 1.16. The van der Waals surface area contributed by atoms with Crippen molar-refractivity contribution in [2.45, 2.75) is 50.8 Å². The number of ether oxygens (including phenoxy) is 3. The Bertz CT molecular complexity index is 979. The van der Waals surface area contributed by atoms with E-state index in [4.69, 9.17) is 14.2 Å². The van der Waals surface area contributed by atoms with Crippen molar-refractivity contribution in [1.29, 1.82) is 0 Å². The molecule has 172 valence electrons. The monoisotopic (exact) mass is 449 g/mol. The van der Waals surface area contributed by atoms with E-state index in [-0.39, 0.29) is 31.1 Å². The van der Waals surface area contributed by atoms with Crippen LogP contribution >= 0.6 is 0 Å². The van der Waals surface area contributed by atoms with Gasteiger partial charge in [0.15, 0.2) is 17.6 Å². The maximum Gasteiger partial charge on any atom is 0.263 e. The molecule has 11 heteroatoms. The molecule has 1 aromatic heterocycles. The number of amides is 1. The Kier molecular flexibility index (Phi) is 5.48. The van der Waals surface area contributed by atoms with E-state index in [2.05, 4.69) is 15.4 Å². The number of aromatic nitrogens is 3. The minimum atomic E-state index is -2.50. The van der Waals surface area contributed by atoms with Crippen molar-refractivity contribution >= 4 is 11.9 Å². The Morgan fingerprint density at radius 2 is 2.03 bits per heavy atom. The van der Waals surface area contributed by atoms with E-state index < -0.39 is 18.6 Å². The summed E-state index contributed by atoms with van der Waals surface area (Å²) in [6.45, 7) is 3.02. The highest BCUT2D eigenvalue weighted by molar-refractivity contribution is 5.81. The molecule has 0 radical (unpaired) electrons. The van der Waals surface area contributed by atoms with Gasteiger partial charge in [0.2, 0.25) is 12.7 Å². The number of rotatable bonds is 5. The number of benzene rings is 1. The number of likely N-dealkylation sites (tertiary alicyclic amines) is 1. The van der Waals surface area contributed by atoms with E-state index in [1.54, 1.807) is 30.0 Å². The van der Waals surface area contributed by atoms with Gasteiger partial charge < -0.3 is 24.4 Å². The van der Waals surface area contributed by atoms with Gasteiger partial charge in [0, 0.05) is 25.2 Å². The van der Waals surface area contributed by atoms with Crippen molar-refractivity contribution in [1.82, 2.24) is 19.7 Å². The van der Waals surface area contributed by atoms with Gasteiger partial charge in [-0.2, -0.15) is 10.1 Å². The molecule has 1 aromatic carbocycles. The molecule has 9 nitrogen and oxygen atoms in total. The molecular formula is C21H25F2N5O4. The molecule has 3 aliphatic rings. The standard InChI is InChI=1S/C21H25F2N5O4/c1-12(32-14-2-3-17-18(8-14)31-11-30-17)20(29)27-6-4-13(5-7-27)15-9-16(19(22)23)28-21(26-15)24-10-25-28/h2-3,8,10,12-13,15-16,19H,4-7,9,11H2,1H3,(H,24,25,26)/t12-,15-,16+/m0/s1. The average molecular weight is 449 g/mol. The highest BCUT2D eigenvalue weighted by Gasteiger charge is 2.39. The van der Waals surface area contributed by atoms with Gasteiger partial charge in [-0.25, -0.2) is 13.5 Å². The molecule has 0 bridgehead atoms. The Morgan fingerprint density at radius 3 is 2.81 bits per heavy atom. The summed E-state index contributed by atoms with van der Waals surface area (Å²) in [4.78, 5) is 18.8. The third-order valence-corrected chi connectivity index (χ3v) is 6.41. The lowest BCUT2D eigenvalue weighted by Crippen LogP contribution is -2.48. The van der Waals surface area contributed by atoms with Crippen LogP contribution in [0.3, 0.4) is 0 Å². The van der Waals surface area contributed by atoms with Crippen molar-refractivity contribution in [3.05, 3.63) is 24.5 Å². The summed E-state index contributed by atoms with van der Waals surface area (Å²) in [5.74, 6) is 2.26. The van der Waals surface area contributed by atoms with E-state index in [0.29, 0.717) is 36.3 Å². The molecule has 0 aliphatic carbocycles. The van der Waals surface area contributed by atoms with Crippen LogP contribution in [-0.2, 0) is 4.79 Å². The molecular weight excluding hydrogens is 424 g/mol. The van der Waals surface area contributed by atoms with E-state index in [1.807, 2.05) is 0 Å². The summed E-state index contributed by atoms with van der Waals surface area (Å²) < 4.78 is 44.8. The van der Waals surface area contributed by atoms with E-state index in [9.17, 15) is 13.6 Å². The highest BCUT2D eigenvalue weighted by atomic mass is 19.3. The number of carbonyl (C=O) groups is 1. The minimum absolute atomic E-state index is 0.0945. The van der Waals surface area contributed by atoms with E-state index in [1.165, 1.54) is 11.0 Å². The van der Waals surface area contributed by atoms with Crippen molar-refractivity contribution in [3.63, 3.8) is 0 Å². The van der Waals surface area contributed by atoms with Crippen molar-refractivity contribution in [2.75, 3.05) is 25.2 Å². The number of alkyl halides is 2. The molecule has 4 heterocycles. The summed E-state index contributed by atoms with van der Waals surface area (Å²) >= 11 is 0. The number of hydrogen-bond donors (Lipinski definition) is 1. The van der Waals surface area contributed by atoms with Crippen molar-refractivity contribution < 1.29 is 27.8 Å². The van der Waals surface area contributed by atoms with Gasteiger partial charge >= 0.3 is 0 Å². The predicted octanol–water partition coefficient (Wildman–Crippen LogP) is 2.70. The van der Waals surface area contributed by atoms with E-state index >= 15 is 0 Å². The molecule has 2 aromatic rings. The molecule has 3 aliphatic heterocycles. The third kappa shape index (κ3) is 3.91. The van der Waals surface area contributed by atoms with Crippen LogP contribution in [-0.4, -0.2) is 64.0 Å². The lowest BCUT2D eigenvalue weighted by Gasteiger charge is -2.40. The van der Waals surface area contributed by atoms with Crippen LogP contribution < -0.4 is 19.5 Å². The quantitative estimate of drug-likeness (QED) is 0.751. The van der Waals surface area contributed by atoms with Crippen LogP contribution in [0.25, 0.3) is 0 Å². The normalized spacial score (nSPS) is 23.6. The number of anilines is 1. The molecule has 0 spiro atoms. The maximum atomic E-state index is 13.5. The number of piperidine rings is 1. The van der Waals surface area contributed by atoms with Crippen LogP contribution in [0, 0.1) is 5.92 Å². The molecule has 1 N–H and O–H groups in total. The lowest BCUT2D eigenvalue weighted by molar-refractivity contribution is -0.139. The Morgan fingerprint density at radius 1 is 1.25 bits per heavy atom. The summed E-state index contributed by atoms with van der Waals surface area (Å²) in [5, 5.41) is 7.19. The fraction of sp³-hybridized carbons (Fsp3) is 0.571. The van der Waals surface area contributed by atoms with Gasteiger partial charge in [0.1, 0.15) is 18.1 Å². The first kappa shape index (κ1) is 20.8. The van der Waals surface area contributed by atoms with Gasteiger partial charge in [-0.15, -0.1) is 0 Å². The largest absolute Gasteiger partial charge is 0.481 e. The molecule has 1 saturated heterocycles. The van der Waals surface area contributed by atoms with Crippen molar-refractivity contribution in [3.8, 4) is 17.2 Å². The number of halogens is 2. The number of fused-ring (bicyclic) bond motifs is 2. The van der Waals surface area contributed by atoms with Crippen LogP contribution in [0.4, 0.5) is 14.7 Å². The van der Waals surface area contributed by atoms with Crippen LogP contribution in [0.1, 0.15) is 32.2 Å². The topological polar surface area (TPSA) is 90.7 Å². The van der Waals surface area contributed by atoms with Gasteiger partial charge in [-0.3, -0.25) is 4.79 Å². The maximum absolute atomic E-state index is 13.5. The zero-order chi connectivity index (χ0) is 22.2. The first-order chi connectivity index (χ1) is 15.5. The Labute approximate surface area is 183 Å². The molecule has 0 unspecified atom stereocenters. The van der Waals surface area contributed by atoms with Crippen LogP contribution in [0.5, 0.6) is 17.2 Å². The Hall–Kier alpha value is -3.11. The molecule has 32 heavy (non-hydrogen) atoms. The fourth-order valence-corrected chi connectivity index (χ4v) is 4.68. The summed E-state index contributed by atoms with van der Waals surface area (Å²) in [5.41, 5.74) is 0. The van der Waals surface area contributed by atoms with Crippen LogP contribution in [0.15, 0.2) is 24.5 Å². The van der Waals surface area contributed by atoms with Gasteiger partial charge in [-0.05, 0) is 44.2 Å². The number of nitrogens with zero attached hydrogens (tertiary/aromatic N) is 4. The summed E-state index contributed by atoms with van der Waals surface area (Å²) in [7, 11) is 0. The summed E-state index contributed by atoms with van der Waals surface area (Å²) in [6.07, 6.45) is -0.120. The first-order valence-electron chi connectivity index (χ1n) is 10.8. The lowest BCUT2D eigenvalue weighted by atomic mass is 9.85. The summed E-state index contributed by atoms with van der Waals surface area (Å²) in [6, 6.07) is 4.12. The molecule has 5 rings (SSSR count). The average Bonchev–Trinajstić information content (AvgIpc) is 3.46. The first-order valence-corrected chi connectivity index (χ1v) is 10.8. The highest BCUT2D eigenvalue weighted by Crippen LogP contribution is 2.37. The van der Waals surface area contributed by atoms with Crippen LogP contribution in [0.2, 0.25) is 0 Å². The molecule has 3 atom stereocenters. The second-order valence-corrected chi connectivity index (χ2v) is 8.35. The minimum Gasteiger partial charge on any atom is -0.481 e. The van der Waals surface area contributed by atoms with Gasteiger partial charge in [0.25, 0.3) is 12.3 Å². The van der Waals surface area contributed by atoms with Crippen molar-refractivity contribution in [2.24, 2.45) is 5.92 Å². The molecule has 1 amide bonds. The predicted molar refractivity (Wildman–Crippen MR) is 109 cm³/mol. The SMILES string of the molecule is C[C@H](Oc1ccc2c(c1)OCO2)C(=O)N1CCC([C@@H]2C[C@H](C(F)F)n3ncnc3N2)CC1. The molecule has 1 fully saturated rings. The molecule has 0 saturated carbocycles. The smallest absolute Gasteiger partial charge is 0.263 e. The number of carbonyl (C=O) groups excluding carboxylic acids is 1.